The van der Waals surface area contributed by atoms with Gasteiger partial charge in [0.1, 0.15) is 0 Å². The van der Waals surface area contributed by atoms with Crippen molar-refractivity contribution in [2.75, 3.05) is 0 Å². The zero-order valence-corrected chi connectivity index (χ0v) is 17.9. The van der Waals surface area contributed by atoms with Gasteiger partial charge < -0.3 is 0 Å². The first-order valence-electron chi connectivity index (χ1n) is 11.3. The Bertz CT molecular complexity index is 538. The molecule has 3 rings (SSSR count). The number of hydrogen-bond acceptors (Lipinski definition) is 0. The molecule has 25 heavy (non-hydrogen) atoms. The van der Waals surface area contributed by atoms with Crippen LogP contribution in [0.3, 0.4) is 0 Å². The van der Waals surface area contributed by atoms with E-state index in [1.54, 1.807) is 11.1 Å². The molecular formula is C25H42. The predicted molar refractivity (Wildman–Crippen MR) is 110 cm³/mol. The monoisotopic (exact) mass is 342 g/mol. The summed E-state index contributed by atoms with van der Waals surface area (Å²) in [6.07, 6.45) is 6.51. The number of fused-ring (bicyclic) bond motifs is 1. The van der Waals surface area contributed by atoms with Gasteiger partial charge in [-0.1, -0.05) is 71.3 Å². The Labute approximate surface area is 157 Å². The van der Waals surface area contributed by atoms with Crippen molar-refractivity contribution in [1.29, 1.82) is 0 Å². The van der Waals surface area contributed by atoms with Crippen LogP contribution in [-0.4, -0.2) is 0 Å². The summed E-state index contributed by atoms with van der Waals surface area (Å²) >= 11 is 0. The molecule has 0 aromatic rings. The molecule has 0 heterocycles. The molecule has 0 nitrogen and oxygen atoms in total. The maximum absolute atomic E-state index is 4.43. The van der Waals surface area contributed by atoms with Gasteiger partial charge in [-0.15, -0.1) is 0 Å². The summed E-state index contributed by atoms with van der Waals surface area (Å²) in [5, 5.41) is 0. The van der Waals surface area contributed by atoms with Crippen LogP contribution in [0.15, 0.2) is 23.3 Å². The molecule has 3 aliphatic carbocycles. The highest BCUT2D eigenvalue weighted by Gasteiger charge is 2.65. The third-order valence-corrected chi connectivity index (χ3v) is 9.12. The van der Waals surface area contributed by atoms with Crippen molar-refractivity contribution in [3.05, 3.63) is 23.3 Å². The Morgan fingerprint density at radius 1 is 0.880 bits per heavy atom. The molecule has 3 fully saturated rings. The Hall–Kier alpha value is -0.520. The number of allylic oxidation sites excluding steroid dienone is 3. The van der Waals surface area contributed by atoms with Crippen molar-refractivity contribution in [2.45, 2.75) is 80.6 Å². The van der Waals surface area contributed by atoms with Crippen molar-refractivity contribution in [3.63, 3.8) is 0 Å². The minimum absolute atomic E-state index is 0.853. The first kappa shape index (κ1) is 19.2. The largest absolute Gasteiger partial charge is 0.0996 e. The quantitative estimate of drug-likeness (QED) is 0.420. The van der Waals surface area contributed by atoms with Crippen molar-refractivity contribution in [1.82, 2.24) is 0 Å². The van der Waals surface area contributed by atoms with Crippen molar-refractivity contribution in [3.8, 4) is 0 Å². The third-order valence-electron chi connectivity index (χ3n) is 9.12. The van der Waals surface area contributed by atoms with Crippen LogP contribution in [0.2, 0.25) is 0 Å². The van der Waals surface area contributed by atoms with Crippen molar-refractivity contribution in [2.24, 2.45) is 53.3 Å². The summed E-state index contributed by atoms with van der Waals surface area (Å²) < 4.78 is 0. The molecule has 0 heteroatoms. The van der Waals surface area contributed by atoms with Crippen molar-refractivity contribution >= 4 is 0 Å². The maximum atomic E-state index is 4.43. The summed E-state index contributed by atoms with van der Waals surface area (Å²) in [5.74, 6) is 8.48. The van der Waals surface area contributed by atoms with Gasteiger partial charge in [0.15, 0.2) is 0 Å². The van der Waals surface area contributed by atoms with Crippen LogP contribution >= 0.6 is 0 Å². The van der Waals surface area contributed by atoms with Gasteiger partial charge in [0, 0.05) is 0 Å². The molecule has 0 saturated heterocycles. The van der Waals surface area contributed by atoms with Gasteiger partial charge in [-0.25, -0.2) is 0 Å². The lowest BCUT2D eigenvalue weighted by molar-refractivity contribution is -0.208. The molecule has 0 aliphatic heterocycles. The van der Waals surface area contributed by atoms with Gasteiger partial charge in [-0.3, -0.25) is 0 Å². The molecule has 3 saturated carbocycles. The van der Waals surface area contributed by atoms with Gasteiger partial charge in [-0.05, 0) is 85.9 Å². The molecule has 0 aromatic heterocycles. The molecule has 0 radical (unpaired) electrons. The lowest BCUT2D eigenvalue weighted by atomic mass is 9.34. The fraction of sp³-hybridized carbons (Fsp3) is 0.840. The minimum Gasteiger partial charge on any atom is -0.0996 e. The zero-order valence-electron chi connectivity index (χ0n) is 17.9. The van der Waals surface area contributed by atoms with Crippen LogP contribution in [-0.2, 0) is 0 Å². The highest BCUT2D eigenvalue weighted by molar-refractivity contribution is 5.26. The summed E-state index contributed by atoms with van der Waals surface area (Å²) in [6.45, 7) is 21.5. The minimum atomic E-state index is 0.853. The smallest absolute Gasteiger partial charge is 0.0138 e. The second-order valence-electron chi connectivity index (χ2n) is 9.58. The Morgan fingerprint density at radius 2 is 1.56 bits per heavy atom. The average Bonchev–Trinajstić information content (AvgIpc) is 2.60. The average molecular weight is 343 g/mol. The zero-order chi connectivity index (χ0) is 18.5. The SMILES string of the molecule is C=C(CC)C1CC2C(C)C(C3C(CC)C(C)C3C(CC)=C(C)CC)C12. The van der Waals surface area contributed by atoms with E-state index in [2.05, 4.69) is 55.0 Å². The second-order valence-corrected chi connectivity index (χ2v) is 9.58. The van der Waals surface area contributed by atoms with Gasteiger partial charge in [0.05, 0.1) is 0 Å². The summed E-state index contributed by atoms with van der Waals surface area (Å²) in [4.78, 5) is 0. The standard InChI is InChI=1S/C25H42/c1-9-14(5)18(11-3)22-16(7)19(12-4)25(22)23-17(8)21-13-20(24(21)23)15(6)10-2/h16-17,19-25H,6,9-13H2,1-5,7-8H3. The fourth-order valence-corrected chi connectivity index (χ4v) is 7.48. The molecule has 0 N–H and O–H groups in total. The lowest BCUT2D eigenvalue weighted by Gasteiger charge is -2.70. The molecule has 3 aliphatic rings. The van der Waals surface area contributed by atoms with E-state index in [0.29, 0.717) is 0 Å². The highest BCUT2D eigenvalue weighted by atomic mass is 14.7. The van der Waals surface area contributed by atoms with Crippen LogP contribution in [0.25, 0.3) is 0 Å². The summed E-state index contributed by atoms with van der Waals surface area (Å²) in [5.41, 5.74) is 5.06. The highest BCUT2D eigenvalue weighted by Crippen LogP contribution is 2.71. The van der Waals surface area contributed by atoms with Gasteiger partial charge in [0.25, 0.3) is 0 Å². The summed E-state index contributed by atoms with van der Waals surface area (Å²) in [6, 6.07) is 0. The van der Waals surface area contributed by atoms with Crippen LogP contribution in [0, 0.1) is 53.3 Å². The molecule has 0 bridgehead atoms. The number of rotatable bonds is 7. The van der Waals surface area contributed by atoms with Crippen LogP contribution in [0.5, 0.6) is 0 Å². The van der Waals surface area contributed by atoms with E-state index in [4.69, 9.17) is 0 Å². The van der Waals surface area contributed by atoms with E-state index >= 15 is 0 Å². The fourth-order valence-electron chi connectivity index (χ4n) is 7.48. The molecule has 9 unspecified atom stereocenters. The Balaban J connectivity index is 1.86. The maximum Gasteiger partial charge on any atom is -0.0138 e. The Kier molecular flexibility index (Phi) is 5.57. The Morgan fingerprint density at radius 3 is 2.08 bits per heavy atom. The third kappa shape index (κ3) is 2.69. The molecule has 0 aromatic carbocycles. The van der Waals surface area contributed by atoms with E-state index in [1.165, 1.54) is 32.1 Å². The van der Waals surface area contributed by atoms with Crippen LogP contribution in [0.1, 0.15) is 80.6 Å². The second kappa shape index (κ2) is 7.24. The van der Waals surface area contributed by atoms with E-state index < -0.39 is 0 Å². The predicted octanol–water partition coefficient (Wildman–Crippen LogP) is 7.52. The molecule has 9 atom stereocenters. The van der Waals surface area contributed by atoms with Crippen LogP contribution in [0.4, 0.5) is 0 Å². The van der Waals surface area contributed by atoms with Crippen LogP contribution < -0.4 is 0 Å². The van der Waals surface area contributed by atoms with E-state index in [1.807, 2.05) is 5.57 Å². The van der Waals surface area contributed by atoms with E-state index in [9.17, 15) is 0 Å². The molecule has 0 spiro atoms. The van der Waals surface area contributed by atoms with Gasteiger partial charge >= 0.3 is 0 Å². The van der Waals surface area contributed by atoms with Gasteiger partial charge in [-0.2, -0.15) is 0 Å². The normalized spacial score (nSPS) is 46.3. The number of hydrogen-bond donors (Lipinski definition) is 0. The van der Waals surface area contributed by atoms with E-state index in [0.717, 1.165) is 53.3 Å². The lowest BCUT2D eigenvalue weighted by Crippen LogP contribution is -2.65. The van der Waals surface area contributed by atoms with Gasteiger partial charge in [0.2, 0.25) is 0 Å². The topological polar surface area (TPSA) is 0 Å². The summed E-state index contributed by atoms with van der Waals surface area (Å²) in [7, 11) is 0. The molecular weight excluding hydrogens is 300 g/mol. The first-order chi connectivity index (χ1) is 11.9. The molecule has 142 valence electrons. The van der Waals surface area contributed by atoms with Crippen molar-refractivity contribution < 1.29 is 0 Å². The first-order valence-corrected chi connectivity index (χ1v) is 11.3. The van der Waals surface area contributed by atoms with E-state index in [-0.39, 0.29) is 0 Å². The molecule has 0 amide bonds.